The van der Waals surface area contributed by atoms with Crippen LogP contribution >= 0.6 is 0 Å². The van der Waals surface area contributed by atoms with Crippen LogP contribution in [0.3, 0.4) is 0 Å². The van der Waals surface area contributed by atoms with Crippen LogP contribution in [0.25, 0.3) is 0 Å². The molecule has 0 bridgehead atoms. The van der Waals surface area contributed by atoms with Crippen LogP contribution in [-0.2, 0) is 9.47 Å². The highest BCUT2D eigenvalue weighted by Crippen LogP contribution is 2.18. The lowest BCUT2D eigenvalue weighted by molar-refractivity contribution is 0.0420. The van der Waals surface area contributed by atoms with Crippen molar-refractivity contribution >= 4 is 5.96 Å². The first-order chi connectivity index (χ1) is 12.2. The van der Waals surface area contributed by atoms with Crippen molar-refractivity contribution in [3.05, 3.63) is 0 Å². The minimum absolute atomic E-state index is 0.302. The molecule has 0 amide bonds. The minimum Gasteiger partial charge on any atom is -0.379 e. The van der Waals surface area contributed by atoms with E-state index in [1.54, 1.807) is 0 Å². The van der Waals surface area contributed by atoms with Gasteiger partial charge in [0.15, 0.2) is 5.96 Å². The molecule has 6 nitrogen and oxygen atoms in total. The number of ether oxygens (including phenoxy) is 2. The van der Waals surface area contributed by atoms with Crippen LogP contribution in [0.1, 0.15) is 46.5 Å². The van der Waals surface area contributed by atoms with E-state index >= 15 is 0 Å². The second-order valence-electron chi connectivity index (χ2n) is 7.54. The molecule has 0 aromatic rings. The van der Waals surface area contributed by atoms with E-state index in [9.17, 15) is 0 Å². The summed E-state index contributed by atoms with van der Waals surface area (Å²) in [5, 5.41) is 6.79. The second kappa shape index (κ2) is 11.7. The number of rotatable bonds is 10. The standard InChI is InChI=1S/C19H38N4O2/c1-4-20-19(21-9-6-11-25-18-8-12-24-15-18)22-13-17-7-5-10-23(17)14-16(2)3/h16-18H,4-15H2,1-3H3,(H2,20,21,22)/t17-,18?/m1/s1. The summed E-state index contributed by atoms with van der Waals surface area (Å²) < 4.78 is 11.1. The first-order valence-electron chi connectivity index (χ1n) is 10.1. The van der Waals surface area contributed by atoms with Crippen molar-refractivity contribution in [3.8, 4) is 0 Å². The average molecular weight is 355 g/mol. The summed E-state index contributed by atoms with van der Waals surface area (Å²) in [6, 6.07) is 0.601. The lowest BCUT2D eigenvalue weighted by atomic mass is 10.2. The van der Waals surface area contributed by atoms with Crippen molar-refractivity contribution in [3.63, 3.8) is 0 Å². The molecule has 2 aliphatic rings. The zero-order valence-electron chi connectivity index (χ0n) is 16.4. The maximum atomic E-state index is 5.81. The summed E-state index contributed by atoms with van der Waals surface area (Å²) in [5.41, 5.74) is 0. The molecule has 0 aromatic carbocycles. The van der Waals surface area contributed by atoms with Crippen molar-refractivity contribution in [1.82, 2.24) is 15.5 Å². The Morgan fingerprint density at radius 3 is 2.92 bits per heavy atom. The van der Waals surface area contributed by atoms with E-state index in [-0.39, 0.29) is 0 Å². The van der Waals surface area contributed by atoms with Crippen LogP contribution in [-0.4, -0.2) is 75.5 Å². The Bertz CT molecular complexity index is 384. The third-order valence-electron chi connectivity index (χ3n) is 4.76. The zero-order chi connectivity index (χ0) is 17.9. The lowest BCUT2D eigenvalue weighted by Crippen LogP contribution is -2.40. The van der Waals surface area contributed by atoms with E-state index in [1.807, 2.05) is 0 Å². The van der Waals surface area contributed by atoms with Crippen LogP contribution in [0.4, 0.5) is 0 Å². The number of aliphatic imine (C=N–C) groups is 1. The topological polar surface area (TPSA) is 58.1 Å². The molecule has 0 spiro atoms. The molecule has 0 aromatic heterocycles. The minimum atomic E-state index is 0.302. The van der Waals surface area contributed by atoms with Crippen molar-refractivity contribution in [1.29, 1.82) is 0 Å². The summed E-state index contributed by atoms with van der Waals surface area (Å²) in [5.74, 6) is 1.66. The molecule has 0 radical (unpaired) electrons. The van der Waals surface area contributed by atoms with Crippen LogP contribution in [0.5, 0.6) is 0 Å². The van der Waals surface area contributed by atoms with Crippen molar-refractivity contribution < 1.29 is 9.47 Å². The van der Waals surface area contributed by atoms with Gasteiger partial charge in [0.05, 0.1) is 19.3 Å². The average Bonchev–Trinajstić information content (AvgIpc) is 3.23. The molecule has 2 aliphatic heterocycles. The van der Waals surface area contributed by atoms with Gasteiger partial charge < -0.3 is 20.1 Å². The summed E-state index contributed by atoms with van der Waals surface area (Å²) in [7, 11) is 0. The molecule has 0 aliphatic carbocycles. The van der Waals surface area contributed by atoms with E-state index in [1.165, 1.54) is 25.9 Å². The molecule has 1 unspecified atom stereocenters. The zero-order valence-corrected chi connectivity index (χ0v) is 16.4. The highest BCUT2D eigenvalue weighted by atomic mass is 16.5. The predicted octanol–water partition coefficient (Wildman–Crippen LogP) is 1.86. The van der Waals surface area contributed by atoms with E-state index in [4.69, 9.17) is 14.5 Å². The second-order valence-corrected chi connectivity index (χ2v) is 7.54. The third kappa shape index (κ3) is 7.92. The lowest BCUT2D eigenvalue weighted by Gasteiger charge is -2.25. The van der Waals surface area contributed by atoms with Gasteiger partial charge in [0.1, 0.15) is 0 Å². The summed E-state index contributed by atoms with van der Waals surface area (Å²) in [6.07, 6.45) is 4.90. The van der Waals surface area contributed by atoms with E-state index in [0.29, 0.717) is 12.1 Å². The summed E-state index contributed by atoms with van der Waals surface area (Å²) in [4.78, 5) is 7.43. The Balaban J connectivity index is 1.66. The first kappa shape index (κ1) is 20.5. The molecule has 2 heterocycles. The van der Waals surface area contributed by atoms with Crippen molar-refractivity contribution in [2.45, 2.75) is 58.6 Å². The van der Waals surface area contributed by atoms with Gasteiger partial charge in [-0.25, -0.2) is 0 Å². The molecule has 2 atom stereocenters. The maximum absolute atomic E-state index is 5.81. The van der Waals surface area contributed by atoms with Gasteiger partial charge in [0.25, 0.3) is 0 Å². The van der Waals surface area contributed by atoms with Crippen LogP contribution in [0.15, 0.2) is 4.99 Å². The van der Waals surface area contributed by atoms with Gasteiger partial charge in [0.2, 0.25) is 0 Å². The Morgan fingerprint density at radius 2 is 2.20 bits per heavy atom. The molecule has 2 rings (SSSR count). The first-order valence-corrected chi connectivity index (χ1v) is 10.1. The third-order valence-corrected chi connectivity index (χ3v) is 4.76. The molecule has 2 N–H and O–H groups in total. The highest BCUT2D eigenvalue weighted by molar-refractivity contribution is 5.79. The van der Waals surface area contributed by atoms with Gasteiger partial charge in [-0.2, -0.15) is 0 Å². The van der Waals surface area contributed by atoms with E-state index < -0.39 is 0 Å². The van der Waals surface area contributed by atoms with Gasteiger partial charge in [-0.15, -0.1) is 0 Å². The number of likely N-dealkylation sites (tertiary alicyclic amines) is 1. The molecule has 0 saturated carbocycles. The molecule has 2 saturated heterocycles. The molecule has 146 valence electrons. The van der Waals surface area contributed by atoms with Gasteiger partial charge in [-0.3, -0.25) is 9.89 Å². The smallest absolute Gasteiger partial charge is 0.191 e. The van der Waals surface area contributed by atoms with Crippen LogP contribution < -0.4 is 10.6 Å². The van der Waals surface area contributed by atoms with E-state index in [2.05, 4.69) is 36.3 Å². The Hall–Kier alpha value is -0.850. The number of nitrogens with zero attached hydrogens (tertiary/aromatic N) is 2. The predicted molar refractivity (Wildman–Crippen MR) is 103 cm³/mol. The van der Waals surface area contributed by atoms with Crippen LogP contribution in [0, 0.1) is 5.92 Å². The molecular formula is C19H38N4O2. The SMILES string of the molecule is CCNC(=NC[C@H]1CCCN1CC(C)C)NCCCOC1CCOC1. The van der Waals surface area contributed by atoms with Gasteiger partial charge >= 0.3 is 0 Å². The van der Waals surface area contributed by atoms with E-state index in [0.717, 1.165) is 64.2 Å². The summed E-state index contributed by atoms with van der Waals surface area (Å²) >= 11 is 0. The Kier molecular flexibility index (Phi) is 9.58. The fourth-order valence-electron chi connectivity index (χ4n) is 3.52. The largest absolute Gasteiger partial charge is 0.379 e. The van der Waals surface area contributed by atoms with Crippen LogP contribution in [0.2, 0.25) is 0 Å². The number of hydrogen-bond acceptors (Lipinski definition) is 4. The Labute approximate surface area is 153 Å². The normalized spacial score (nSPS) is 25.0. The molecular weight excluding hydrogens is 316 g/mol. The van der Waals surface area contributed by atoms with Crippen molar-refractivity contribution in [2.24, 2.45) is 10.9 Å². The number of hydrogen-bond donors (Lipinski definition) is 2. The Morgan fingerprint density at radius 1 is 1.32 bits per heavy atom. The summed E-state index contributed by atoms with van der Waals surface area (Å²) in [6.45, 7) is 14.2. The highest BCUT2D eigenvalue weighted by Gasteiger charge is 2.24. The maximum Gasteiger partial charge on any atom is 0.191 e. The monoisotopic (exact) mass is 354 g/mol. The number of guanidine groups is 1. The van der Waals surface area contributed by atoms with Gasteiger partial charge in [0, 0.05) is 38.9 Å². The molecule has 6 heteroatoms. The van der Waals surface area contributed by atoms with Crippen molar-refractivity contribution in [2.75, 3.05) is 52.5 Å². The fourth-order valence-corrected chi connectivity index (χ4v) is 3.52. The van der Waals surface area contributed by atoms with Gasteiger partial charge in [-0.05, 0) is 45.1 Å². The molecule has 25 heavy (non-hydrogen) atoms. The van der Waals surface area contributed by atoms with Gasteiger partial charge in [-0.1, -0.05) is 13.8 Å². The fraction of sp³-hybridized carbons (Fsp3) is 0.947. The quantitative estimate of drug-likeness (QED) is 0.356. The molecule has 2 fully saturated rings. The number of nitrogens with one attached hydrogen (secondary N) is 2.